The van der Waals surface area contributed by atoms with Crippen LogP contribution < -0.4 is 5.32 Å². The van der Waals surface area contributed by atoms with Crippen LogP contribution in [-0.2, 0) is 5.41 Å². The molecular weight excluding hydrogens is 276 g/mol. The maximum Gasteiger partial charge on any atom is 0.433 e. The van der Waals surface area contributed by atoms with Gasteiger partial charge in [0.2, 0.25) is 0 Å². The largest absolute Gasteiger partial charge is 0.433 e. The third-order valence-electron chi connectivity index (χ3n) is 3.02. The molecule has 1 unspecified atom stereocenters. The van der Waals surface area contributed by atoms with E-state index in [4.69, 9.17) is 4.42 Å². The van der Waals surface area contributed by atoms with Gasteiger partial charge in [0.05, 0.1) is 6.07 Å². The highest BCUT2D eigenvalue weighted by molar-refractivity contribution is 7.12. The van der Waals surface area contributed by atoms with Gasteiger partial charge in [-0.25, -0.2) is 0 Å². The number of rotatable bonds is 4. The Hall–Kier alpha value is -1.66. The van der Waals surface area contributed by atoms with Gasteiger partial charge in [-0.15, -0.1) is 11.3 Å². The van der Waals surface area contributed by atoms with Gasteiger partial charge in [0, 0.05) is 9.75 Å². The van der Waals surface area contributed by atoms with E-state index in [1.54, 1.807) is 17.4 Å². The minimum Gasteiger partial charge on any atom is -0.404 e. The van der Waals surface area contributed by atoms with Crippen molar-refractivity contribution in [2.24, 2.45) is 0 Å². The van der Waals surface area contributed by atoms with Crippen molar-refractivity contribution in [1.29, 1.82) is 0 Å². The monoisotopic (exact) mass is 294 g/mol. The Morgan fingerprint density at radius 2 is 2.00 bits per heavy atom. The molecule has 6 heteroatoms. The van der Waals surface area contributed by atoms with Gasteiger partial charge in [0.1, 0.15) is 16.7 Å². The van der Waals surface area contributed by atoms with Crippen molar-refractivity contribution in [1.82, 2.24) is 5.32 Å². The van der Waals surface area contributed by atoms with E-state index >= 15 is 0 Å². The Balaban J connectivity index is 2.32. The average molecular weight is 294 g/mol. The third-order valence-corrected chi connectivity index (χ3v) is 4.59. The van der Waals surface area contributed by atoms with Gasteiger partial charge in [-0.2, -0.15) is 0 Å². The second kappa shape index (κ2) is 5.38. The summed E-state index contributed by atoms with van der Waals surface area (Å²) in [6.45, 7) is 6.48. The normalized spacial score (nSPS) is 13.4. The number of nitrogens with one attached hydrogen (secondary N) is 1. The molecule has 5 nitrogen and oxygen atoms in total. The zero-order valence-corrected chi connectivity index (χ0v) is 12.8. The summed E-state index contributed by atoms with van der Waals surface area (Å²) in [6.07, 6.45) is 0. The molecule has 1 N–H and O–H groups in total. The van der Waals surface area contributed by atoms with Gasteiger partial charge in [-0.1, -0.05) is 20.8 Å². The van der Waals surface area contributed by atoms with E-state index in [9.17, 15) is 10.1 Å². The van der Waals surface area contributed by atoms with Gasteiger partial charge in [0.25, 0.3) is 0 Å². The Morgan fingerprint density at radius 3 is 2.45 bits per heavy atom. The summed E-state index contributed by atoms with van der Waals surface area (Å²) in [6, 6.07) is 7.01. The molecular formula is C14H18N2O3S. The van der Waals surface area contributed by atoms with Gasteiger partial charge in [-0.3, -0.25) is 10.1 Å². The molecule has 1 atom stereocenters. The summed E-state index contributed by atoms with van der Waals surface area (Å²) in [5.74, 6) is 0.328. The van der Waals surface area contributed by atoms with Crippen molar-refractivity contribution < 1.29 is 9.34 Å². The molecule has 2 aromatic heterocycles. The second-order valence-electron chi connectivity index (χ2n) is 5.61. The molecule has 0 saturated heterocycles. The lowest BCUT2D eigenvalue weighted by atomic mass is 9.95. The van der Waals surface area contributed by atoms with Crippen molar-refractivity contribution >= 4 is 17.2 Å². The predicted octanol–water partition coefficient (Wildman–Crippen LogP) is 3.86. The lowest BCUT2D eigenvalue weighted by Gasteiger charge is -2.16. The fraction of sp³-hybridized carbons (Fsp3) is 0.429. The van der Waals surface area contributed by atoms with E-state index in [2.05, 4.69) is 32.2 Å². The van der Waals surface area contributed by atoms with E-state index in [0.717, 1.165) is 4.88 Å². The number of nitro groups is 1. The van der Waals surface area contributed by atoms with Gasteiger partial charge < -0.3 is 9.73 Å². The zero-order valence-electron chi connectivity index (χ0n) is 12.0. The van der Waals surface area contributed by atoms with Crippen LogP contribution in [0.25, 0.3) is 0 Å². The van der Waals surface area contributed by atoms with E-state index in [1.807, 2.05) is 13.1 Å². The zero-order chi connectivity index (χ0) is 14.9. The molecule has 2 rings (SSSR count). The lowest BCUT2D eigenvalue weighted by molar-refractivity contribution is -0.402. The molecule has 0 aliphatic rings. The van der Waals surface area contributed by atoms with Crippen LogP contribution in [0, 0.1) is 10.1 Å². The second-order valence-corrected chi connectivity index (χ2v) is 6.72. The summed E-state index contributed by atoms with van der Waals surface area (Å²) in [5.41, 5.74) is 0.0936. The van der Waals surface area contributed by atoms with Gasteiger partial charge >= 0.3 is 5.88 Å². The van der Waals surface area contributed by atoms with Crippen LogP contribution in [-0.4, -0.2) is 12.0 Å². The fourth-order valence-electron chi connectivity index (χ4n) is 1.93. The van der Waals surface area contributed by atoms with Gasteiger partial charge in [-0.05, 0) is 30.7 Å². The molecule has 0 amide bonds. The number of nitrogens with zero attached hydrogens (tertiary/aromatic N) is 1. The summed E-state index contributed by atoms with van der Waals surface area (Å²) in [7, 11) is 1.81. The molecule has 0 aliphatic carbocycles. The minimum atomic E-state index is -0.523. The van der Waals surface area contributed by atoms with E-state index in [1.165, 1.54) is 10.9 Å². The van der Waals surface area contributed by atoms with E-state index < -0.39 is 4.92 Å². The van der Waals surface area contributed by atoms with Crippen LogP contribution in [0.4, 0.5) is 5.88 Å². The number of hydrogen-bond donors (Lipinski definition) is 1. The summed E-state index contributed by atoms with van der Waals surface area (Å²) in [5, 5.41) is 13.8. The molecule has 0 fully saturated rings. The lowest BCUT2D eigenvalue weighted by Crippen LogP contribution is -2.15. The van der Waals surface area contributed by atoms with Crippen LogP contribution in [0.2, 0.25) is 0 Å². The van der Waals surface area contributed by atoms with E-state index in [-0.39, 0.29) is 17.3 Å². The first-order valence-electron chi connectivity index (χ1n) is 6.34. The predicted molar refractivity (Wildman–Crippen MR) is 79.3 cm³/mol. The number of hydrogen-bond acceptors (Lipinski definition) is 5. The molecule has 2 heterocycles. The molecule has 20 heavy (non-hydrogen) atoms. The molecule has 0 aromatic carbocycles. The number of furan rings is 1. The van der Waals surface area contributed by atoms with Crippen LogP contribution in [0.1, 0.15) is 42.3 Å². The van der Waals surface area contributed by atoms with Crippen molar-refractivity contribution in [2.75, 3.05) is 7.05 Å². The van der Waals surface area contributed by atoms with Crippen LogP contribution in [0.5, 0.6) is 0 Å². The summed E-state index contributed by atoms with van der Waals surface area (Å²) >= 11 is 1.69. The quantitative estimate of drug-likeness (QED) is 0.687. The SMILES string of the molecule is CNC(c1ccc([N+](=O)[O-])o1)c1ccc(C(C)(C)C)s1. The van der Waals surface area contributed by atoms with Crippen molar-refractivity contribution in [3.05, 3.63) is 49.9 Å². The highest BCUT2D eigenvalue weighted by Crippen LogP contribution is 2.35. The third kappa shape index (κ3) is 2.91. The first kappa shape index (κ1) is 14.7. The molecule has 0 bridgehead atoms. The average Bonchev–Trinajstić information content (AvgIpc) is 2.97. The molecule has 0 aliphatic heterocycles. The Kier molecular flexibility index (Phi) is 3.96. The van der Waals surface area contributed by atoms with Crippen LogP contribution in [0.15, 0.2) is 28.7 Å². The Labute approximate surface area is 121 Å². The summed E-state index contributed by atoms with van der Waals surface area (Å²) < 4.78 is 5.29. The summed E-state index contributed by atoms with van der Waals surface area (Å²) in [4.78, 5) is 12.5. The van der Waals surface area contributed by atoms with Gasteiger partial charge in [0.15, 0.2) is 0 Å². The number of thiophene rings is 1. The highest BCUT2D eigenvalue weighted by Gasteiger charge is 2.23. The van der Waals surface area contributed by atoms with Crippen molar-refractivity contribution in [3.63, 3.8) is 0 Å². The molecule has 108 valence electrons. The molecule has 0 spiro atoms. The standard InChI is InChI=1S/C14H18N2O3S/c1-14(2,3)11-7-6-10(20-11)13(15-4)9-5-8-12(19-9)16(17)18/h5-8,13,15H,1-4H3. The smallest absolute Gasteiger partial charge is 0.404 e. The minimum absolute atomic E-state index is 0.0936. The molecule has 2 aromatic rings. The Bertz CT molecular complexity index is 610. The van der Waals surface area contributed by atoms with Crippen LogP contribution in [0.3, 0.4) is 0 Å². The fourth-order valence-corrected chi connectivity index (χ4v) is 3.12. The van der Waals surface area contributed by atoms with E-state index in [0.29, 0.717) is 5.76 Å². The maximum atomic E-state index is 10.7. The Morgan fingerprint density at radius 1 is 1.30 bits per heavy atom. The maximum absolute atomic E-state index is 10.7. The highest BCUT2D eigenvalue weighted by atomic mass is 32.1. The van der Waals surface area contributed by atoms with Crippen molar-refractivity contribution in [2.45, 2.75) is 32.2 Å². The van der Waals surface area contributed by atoms with Crippen LogP contribution >= 0.6 is 11.3 Å². The first-order valence-corrected chi connectivity index (χ1v) is 7.16. The first-order chi connectivity index (χ1) is 9.32. The molecule has 0 saturated carbocycles. The molecule has 0 radical (unpaired) electrons. The topological polar surface area (TPSA) is 68.3 Å². The van der Waals surface area contributed by atoms with Crippen molar-refractivity contribution in [3.8, 4) is 0 Å².